The van der Waals surface area contributed by atoms with Gasteiger partial charge in [0.2, 0.25) is 5.82 Å². The average Bonchev–Trinajstić information content (AvgIpc) is 3.45. The molecule has 0 radical (unpaired) electrons. The van der Waals surface area contributed by atoms with Gasteiger partial charge >= 0.3 is 0 Å². The highest BCUT2D eigenvalue weighted by Crippen LogP contribution is 2.30. The van der Waals surface area contributed by atoms with Crippen LogP contribution in [0.25, 0.3) is 22.5 Å². The highest BCUT2D eigenvalue weighted by Gasteiger charge is 2.15. The van der Waals surface area contributed by atoms with Crippen molar-refractivity contribution in [2.45, 2.75) is 32.7 Å². The van der Waals surface area contributed by atoms with Crippen LogP contribution in [-0.4, -0.2) is 43.5 Å². The summed E-state index contributed by atoms with van der Waals surface area (Å²) in [5.41, 5.74) is 4.92. The number of halogens is 1. The van der Waals surface area contributed by atoms with Gasteiger partial charge in [-0.25, -0.2) is 4.98 Å². The van der Waals surface area contributed by atoms with Crippen LogP contribution >= 0.6 is 11.6 Å². The number of H-pyrrole nitrogens is 1. The first kappa shape index (κ1) is 21.7. The fraction of sp³-hybridized carbons (Fsp3) is 0.261. The van der Waals surface area contributed by atoms with E-state index in [1.807, 2.05) is 18.2 Å². The number of benzene rings is 2. The van der Waals surface area contributed by atoms with E-state index in [0.717, 1.165) is 53.0 Å². The van der Waals surface area contributed by atoms with E-state index >= 15 is 0 Å². The van der Waals surface area contributed by atoms with E-state index in [1.165, 1.54) is 7.11 Å². The Hall–Kier alpha value is -3.52. The lowest BCUT2D eigenvalue weighted by Crippen LogP contribution is -2.09. The van der Waals surface area contributed by atoms with Crippen molar-refractivity contribution in [2.24, 2.45) is 5.16 Å². The van der Waals surface area contributed by atoms with Gasteiger partial charge in [-0.15, -0.1) is 10.2 Å². The lowest BCUT2D eigenvalue weighted by Gasteiger charge is -2.12. The highest BCUT2D eigenvalue weighted by atomic mass is 35.5. The summed E-state index contributed by atoms with van der Waals surface area (Å²) < 4.78 is 2.10. The predicted molar refractivity (Wildman–Crippen MR) is 125 cm³/mol. The molecule has 9 heteroatoms. The Morgan fingerprint density at radius 2 is 1.91 bits per heavy atom. The van der Waals surface area contributed by atoms with Crippen LogP contribution in [-0.2, 0) is 17.8 Å². The van der Waals surface area contributed by atoms with Crippen molar-refractivity contribution >= 4 is 17.8 Å². The van der Waals surface area contributed by atoms with Gasteiger partial charge in [0.05, 0.1) is 6.21 Å². The van der Waals surface area contributed by atoms with Crippen LogP contribution in [0.2, 0.25) is 5.15 Å². The number of aromatic nitrogens is 6. The summed E-state index contributed by atoms with van der Waals surface area (Å²) in [7, 11) is 1.51. The van der Waals surface area contributed by atoms with Gasteiger partial charge in [-0.1, -0.05) is 78.6 Å². The van der Waals surface area contributed by atoms with Gasteiger partial charge < -0.3 is 9.40 Å². The number of hydrogen-bond acceptors (Lipinski definition) is 6. The Kier molecular flexibility index (Phi) is 6.91. The van der Waals surface area contributed by atoms with Crippen LogP contribution < -0.4 is 0 Å². The Labute approximate surface area is 191 Å². The normalized spacial score (nSPS) is 11.3. The average molecular weight is 450 g/mol. The smallest absolute Gasteiger partial charge is 0.205 e. The summed E-state index contributed by atoms with van der Waals surface area (Å²) in [5, 5.41) is 18.8. The molecule has 4 aromatic rings. The van der Waals surface area contributed by atoms with Crippen LogP contribution in [0.1, 0.15) is 36.8 Å². The summed E-state index contributed by atoms with van der Waals surface area (Å²) >= 11 is 6.40. The van der Waals surface area contributed by atoms with Gasteiger partial charge in [0.25, 0.3) is 0 Å². The number of oxime groups is 1. The Morgan fingerprint density at radius 3 is 2.59 bits per heavy atom. The fourth-order valence-corrected chi connectivity index (χ4v) is 3.84. The molecule has 2 heterocycles. The lowest BCUT2D eigenvalue weighted by molar-refractivity contribution is 0.215. The molecule has 0 saturated heterocycles. The van der Waals surface area contributed by atoms with Gasteiger partial charge in [-0.05, 0) is 28.3 Å². The molecule has 2 aromatic carbocycles. The summed E-state index contributed by atoms with van der Waals surface area (Å²) in [6.45, 7) is 2.80. The largest absolute Gasteiger partial charge is 0.399 e. The second kappa shape index (κ2) is 10.2. The molecule has 0 unspecified atom stereocenters. The van der Waals surface area contributed by atoms with E-state index in [0.29, 0.717) is 17.5 Å². The second-order valence-corrected chi connectivity index (χ2v) is 7.65. The van der Waals surface area contributed by atoms with Crippen LogP contribution in [0.3, 0.4) is 0 Å². The molecule has 0 amide bonds. The molecule has 0 fully saturated rings. The maximum Gasteiger partial charge on any atom is 0.205 e. The number of rotatable bonds is 9. The molecular weight excluding hydrogens is 426 g/mol. The number of aryl methyl sites for hydroxylation is 1. The van der Waals surface area contributed by atoms with Crippen molar-refractivity contribution in [3.8, 4) is 22.5 Å². The van der Waals surface area contributed by atoms with Crippen LogP contribution in [0.4, 0.5) is 0 Å². The summed E-state index contributed by atoms with van der Waals surface area (Å²) in [6.07, 6.45) is 4.59. The third-order valence-corrected chi connectivity index (χ3v) is 5.47. The summed E-state index contributed by atoms with van der Waals surface area (Å²) in [4.78, 5) is 9.42. The molecule has 0 aliphatic carbocycles. The topological polar surface area (TPSA) is 93.9 Å². The first-order chi connectivity index (χ1) is 15.7. The van der Waals surface area contributed by atoms with E-state index in [9.17, 15) is 0 Å². The van der Waals surface area contributed by atoms with Crippen molar-refractivity contribution in [3.63, 3.8) is 0 Å². The molecule has 8 nitrogen and oxygen atoms in total. The summed E-state index contributed by atoms with van der Waals surface area (Å²) in [6, 6.07) is 16.4. The molecule has 0 aliphatic heterocycles. The zero-order valence-electron chi connectivity index (χ0n) is 18.0. The molecule has 0 saturated carbocycles. The number of nitrogens with one attached hydrogen (secondary N) is 1. The zero-order chi connectivity index (χ0) is 22.3. The quantitative estimate of drug-likeness (QED) is 0.294. The van der Waals surface area contributed by atoms with Crippen molar-refractivity contribution in [1.82, 2.24) is 30.2 Å². The first-order valence-electron chi connectivity index (χ1n) is 10.4. The molecule has 1 N–H and O–H groups in total. The number of unbranched alkanes of at least 4 members (excludes halogenated alkanes) is 1. The number of hydrogen-bond donors (Lipinski definition) is 1. The standard InChI is InChI=1S/C23H24ClN7O/c1-3-4-9-21-26-22(24)20(14-25-32-2)31(21)15-16-10-12-17(13-11-16)18-7-5-6-8-19(18)23-27-29-30-28-23/h5-8,10-14H,3-4,9,15H2,1-2H3,(H,27,28,29,30)/b25-14-. The van der Waals surface area contributed by atoms with Crippen molar-refractivity contribution in [2.75, 3.05) is 7.11 Å². The van der Waals surface area contributed by atoms with Crippen LogP contribution in [0.5, 0.6) is 0 Å². The molecule has 0 atom stereocenters. The number of nitrogens with zero attached hydrogens (tertiary/aromatic N) is 6. The lowest BCUT2D eigenvalue weighted by atomic mass is 9.98. The van der Waals surface area contributed by atoms with Crippen molar-refractivity contribution in [3.05, 3.63) is 70.8 Å². The molecule has 32 heavy (non-hydrogen) atoms. The van der Waals surface area contributed by atoms with Crippen LogP contribution in [0, 0.1) is 0 Å². The highest BCUT2D eigenvalue weighted by molar-refractivity contribution is 6.31. The van der Waals surface area contributed by atoms with E-state index in [2.05, 4.69) is 72.6 Å². The van der Waals surface area contributed by atoms with Gasteiger partial charge in [0.15, 0.2) is 5.15 Å². The SMILES string of the molecule is CCCCc1nc(Cl)c(/C=N\OC)n1Cc1ccc(-c2ccccc2-c2nn[nH]n2)cc1. The molecule has 0 spiro atoms. The molecule has 0 bridgehead atoms. The maximum atomic E-state index is 6.40. The Balaban J connectivity index is 1.64. The molecular formula is C23H24ClN7O. The van der Waals surface area contributed by atoms with Crippen LogP contribution in [0.15, 0.2) is 53.7 Å². The number of tetrazole rings is 1. The van der Waals surface area contributed by atoms with E-state index in [1.54, 1.807) is 6.21 Å². The minimum Gasteiger partial charge on any atom is -0.399 e. The molecule has 4 rings (SSSR count). The summed E-state index contributed by atoms with van der Waals surface area (Å²) in [5.74, 6) is 1.52. The Bertz CT molecular complexity index is 1180. The molecule has 2 aromatic heterocycles. The van der Waals surface area contributed by atoms with E-state index < -0.39 is 0 Å². The second-order valence-electron chi connectivity index (χ2n) is 7.29. The third-order valence-electron chi connectivity index (χ3n) is 5.19. The monoisotopic (exact) mass is 449 g/mol. The van der Waals surface area contributed by atoms with Gasteiger partial charge in [0, 0.05) is 18.5 Å². The van der Waals surface area contributed by atoms with Crippen molar-refractivity contribution < 1.29 is 4.84 Å². The minimum atomic E-state index is 0.433. The minimum absolute atomic E-state index is 0.433. The van der Waals surface area contributed by atoms with Crippen molar-refractivity contribution in [1.29, 1.82) is 0 Å². The van der Waals surface area contributed by atoms with Gasteiger partial charge in [0.1, 0.15) is 18.6 Å². The van der Waals surface area contributed by atoms with Gasteiger partial charge in [-0.3, -0.25) is 0 Å². The van der Waals surface area contributed by atoms with E-state index in [-0.39, 0.29) is 0 Å². The molecule has 0 aliphatic rings. The fourth-order valence-electron chi connectivity index (χ4n) is 3.59. The number of aromatic amines is 1. The van der Waals surface area contributed by atoms with E-state index in [4.69, 9.17) is 16.4 Å². The predicted octanol–water partition coefficient (Wildman–Crippen LogP) is 4.75. The zero-order valence-corrected chi connectivity index (χ0v) is 18.8. The number of imidazole rings is 1. The third kappa shape index (κ3) is 4.70. The Morgan fingerprint density at radius 1 is 1.12 bits per heavy atom. The molecule has 164 valence electrons. The van der Waals surface area contributed by atoms with Gasteiger partial charge in [-0.2, -0.15) is 5.21 Å². The maximum absolute atomic E-state index is 6.40. The first-order valence-corrected chi connectivity index (χ1v) is 10.8.